The Labute approximate surface area is 146 Å². The summed E-state index contributed by atoms with van der Waals surface area (Å²) in [6.45, 7) is 3.95. The Balaban J connectivity index is 1.62. The largest absolute Gasteiger partial charge is 0.349 e. The second-order valence-corrected chi connectivity index (χ2v) is 5.93. The van der Waals surface area contributed by atoms with E-state index < -0.39 is 0 Å². The maximum absolute atomic E-state index is 12.2. The minimum absolute atomic E-state index is 0.0225. The van der Waals surface area contributed by atoms with Crippen LogP contribution in [0.2, 0.25) is 0 Å². The minimum atomic E-state index is -0.109. The van der Waals surface area contributed by atoms with Gasteiger partial charge in [-0.15, -0.1) is 0 Å². The molecule has 0 aromatic carbocycles. The maximum atomic E-state index is 12.2. The Kier molecular flexibility index (Phi) is 5.18. The lowest BCUT2D eigenvalue weighted by Crippen LogP contribution is -2.27. The van der Waals surface area contributed by atoms with Gasteiger partial charge in [-0.25, -0.2) is 9.67 Å². The first-order chi connectivity index (χ1) is 12.1. The van der Waals surface area contributed by atoms with Gasteiger partial charge in [0, 0.05) is 36.3 Å². The van der Waals surface area contributed by atoms with Gasteiger partial charge in [0.2, 0.25) is 5.91 Å². The standard InChI is InChI=1S/C19H21N5O/c1-14(23-19(25)7-6-16-8-11-20-12-9-16)17-13-22-24(15(17)2)18-5-3-4-10-21-18/h3-5,8-14H,6-7H2,1-2H3,(H,23,25). The van der Waals surface area contributed by atoms with Crippen LogP contribution in [0, 0.1) is 6.92 Å². The summed E-state index contributed by atoms with van der Waals surface area (Å²) in [5.41, 5.74) is 3.07. The number of carbonyl (C=O) groups is 1. The van der Waals surface area contributed by atoms with Crippen LogP contribution in [0.4, 0.5) is 0 Å². The van der Waals surface area contributed by atoms with Gasteiger partial charge in [0.1, 0.15) is 0 Å². The summed E-state index contributed by atoms with van der Waals surface area (Å²) in [4.78, 5) is 20.5. The van der Waals surface area contributed by atoms with Crippen molar-refractivity contribution in [3.05, 3.63) is 71.9 Å². The number of pyridine rings is 2. The molecule has 1 atom stereocenters. The second-order valence-electron chi connectivity index (χ2n) is 5.93. The van der Waals surface area contributed by atoms with Gasteiger partial charge in [-0.05, 0) is 50.1 Å². The number of nitrogens with zero attached hydrogens (tertiary/aromatic N) is 4. The molecular formula is C19H21N5O. The monoisotopic (exact) mass is 335 g/mol. The average molecular weight is 335 g/mol. The topological polar surface area (TPSA) is 72.7 Å². The van der Waals surface area contributed by atoms with Crippen molar-refractivity contribution < 1.29 is 4.79 Å². The van der Waals surface area contributed by atoms with E-state index in [0.29, 0.717) is 12.8 Å². The lowest BCUT2D eigenvalue weighted by Gasteiger charge is -2.14. The first-order valence-corrected chi connectivity index (χ1v) is 8.29. The van der Waals surface area contributed by atoms with Gasteiger partial charge in [0.15, 0.2) is 5.82 Å². The normalized spacial score (nSPS) is 11.9. The van der Waals surface area contributed by atoms with Crippen LogP contribution in [-0.4, -0.2) is 25.7 Å². The number of hydrogen-bond acceptors (Lipinski definition) is 4. The molecule has 6 nitrogen and oxygen atoms in total. The van der Waals surface area contributed by atoms with Crippen LogP contribution in [-0.2, 0) is 11.2 Å². The van der Waals surface area contributed by atoms with Crippen molar-refractivity contribution in [1.29, 1.82) is 0 Å². The first-order valence-electron chi connectivity index (χ1n) is 8.29. The van der Waals surface area contributed by atoms with Gasteiger partial charge in [-0.1, -0.05) is 6.07 Å². The van der Waals surface area contributed by atoms with E-state index in [9.17, 15) is 4.79 Å². The van der Waals surface area contributed by atoms with Crippen molar-refractivity contribution in [3.63, 3.8) is 0 Å². The van der Waals surface area contributed by atoms with Crippen LogP contribution < -0.4 is 5.32 Å². The molecule has 0 saturated carbocycles. The molecule has 1 N–H and O–H groups in total. The van der Waals surface area contributed by atoms with Crippen LogP contribution in [0.1, 0.15) is 36.2 Å². The van der Waals surface area contributed by atoms with E-state index in [-0.39, 0.29) is 11.9 Å². The average Bonchev–Trinajstić information content (AvgIpc) is 3.03. The molecule has 3 aromatic rings. The van der Waals surface area contributed by atoms with E-state index in [0.717, 1.165) is 22.6 Å². The fourth-order valence-electron chi connectivity index (χ4n) is 2.76. The molecule has 128 valence electrons. The zero-order chi connectivity index (χ0) is 17.6. The summed E-state index contributed by atoms with van der Waals surface area (Å²) in [6.07, 6.45) is 8.16. The van der Waals surface area contributed by atoms with E-state index in [1.165, 1.54) is 0 Å². The van der Waals surface area contributed by atoms with Crippen molar-refractivity contribution in [3.8, 4) is 5.82 Å². The predicted octanol–water partition coefficient (Wildman–Crippen LogP) is 2.78. The van der Waals surface area contributed by atoms with E-state index in [2.05, 4.69) is 20.4 Å². The summed E-state index contributed by atoms with van der Waals surface area (Å²) >= 11 is 0. The number of aryl methyl sites for hydroxylation is 1. The van der Waals surface area contributed by atoms with Crippen molar-refractivity contribution in [2.45, 2.75) is 32.7 Å². The molecule has 1 amide bonds. The number of rotatable bonds is 6. The summed E-state index contributed by atoms with van der Waals surface area (Å²) in [5.74, 6) is 0.789. The van der Waals surface area contributed by atoms with Crippen LogP contribution in [0.25, 0.3) is 5.82 Å². The molecule has 0 spiro atoms. The SMILES string of the molecule is Cc1c(C(C)NC(=O)CCc2ccncc2)cnn1-c1ccccn1. The van der Waals surface area contributed by atoms with Crippen molar-refractivity contribution in [2.75, 3.05) is 0 Å². The lowest BCUT2D eigenvalue weighted by molar-refractivity contribution is -0.121. The van der Waals surface area contributed by atoms with Gasteiger partial charge in [-0.2, -0.15) is 5.10 Å². The van der Waals surface area contributed by atoms with Crippen molar-refractivity contribution in [2.24, 2.45) is 0 Å². The molecule has 0 aliphatic heterocycles. The Bertz CT molecular complexity index is 830. The smallest absolute Gasteiger partial charge is 0.220 e. The van der Waals surface area contributed by atoms with Crippen LogP contribution >= 0.6 is 0 Å². The third kappa shape index (κ3) is 4.09. The Morgan fingerprint density at radius 2 is 2.00 bits per heavy atom. The molecule has 0 aliphatic carbocycles. The third-order valence-corrected chi connectivity index (χ3v) is 4.15. The molecule has 0 radical (unpaired) electrons. The Morgan fingerprint density at radius 1 is 1.20 bits per heavy atom. The van der Waals surface area contributed by atoms with Gasteiger partial charge < -0.3 is 5.32 Å². The lowest BCUT2D eigenvalue weighted by atomic mass is 10.1. The highest BCUT2D eigenvalue weighted by Gasteiger charge is 2.16. The molecule has 1 unspecified atom stereocenters. The maximum Gasteiger partial charge on any atom is 0.220 e. The molecule has 3 rings (SSSR count). The van der Waals surface area contributed by atoms with E-state index in [4.69, 9.17) is 0 Å². The summed E-state index contributed by atoms with van der Waals surface area (Å²) < 4.78 is 1.79. The van der Waals surface area contributed by atoms with E-state index in [1.807, 2.05) is 44.2 Å². The molecule has 0 fully saturated rings. The predicted molar refractivity (Wildman–Crippen MR) is 95.2 cm³/mol. The fourth-order valence-corrected chi connectivity index (χ4v) is 2.76. The van der Waals surface area contributed by atoms with Crippen molar-refractivity contribution in [1.82, 2.24) is 25.1 Å². The van der Waals surface area contributed by atoms with Gasteiger partial charge >= 0.3 is 0 Å². The number of hydrogen-bond donors (Lipinski definition) is 1. The molecule has 6 heteroatoms. The molecule has 25 heavy (non-hydrogen) atoms. The van der Waals surface area contributed by atoms with Gasteiger partial charge in [-0.3, -0.25) is 9.78 Å². The van der Waals surface area contributed by atoms with E-state index >= 15 is 0 Å². The molecule has 3 heterocycles. The van der Waals surface area contributed by atoms with Crippen LogP contribution in [0.5, 0.6) is 0 Å². The van der Waals surface area contributed by atoms with Crippen molar-refractivity contribution >= 4 is 5.91 Å². The Hall–Kier alpha value is -3.02. The second kappa shape index (κ2) is 7.70. The highest BCUT2D eigenvalue weighted by atomic mass is 16.1. The van der Waals surface area contributed by atoms with E-state index in [1.54, 1.807) is 29.5 Å². The summed E-state index contributed by atoms with van der Waals surface area (Å²) in [6, 6.07) is 9.45. The number of aromatic nitrogens is 4. The number of nitrogens with one attached hydrogen (secondary N) is 1. The number of carbonyl (C=O) groups excluding carboxylic acids is 1. The quantitative estimate of drug-likeness (QED) is 0.752. The zero-order valence-electron chi connectivity index (χ0n) is 14.4. The molecule has 0 saturated heterocycles. The highest BCUT2D eigenvalue weighted by molar-refractivity contribution is 5.76. The first kappa shape index (κ1) is 16.8. The zero-order valence-corrected chi connectivity index (χ0v) is 14.4. The molecule has 0 bridgehead atoms. The molecule has 3 aromatic heterocycles. The molecule has 0 aliphatic rings. The summed E-state index contributed by atoms with van der Waals surface area (Å²) in [5, 5.41) is 7.45. The number of amides is 1. The molecular weight excluding hydrogens is 314 g/mol. The highest BCUT2D eigenvalue weighted by Crippen LogP contribution is 2.19. The Morgan fingerprint density at radius 3 is 2.72 bits per heavy atom. The minimum Gasteiger partial charge on any atom is -0.349 e. The van der Waals surface area contributed by atoms with Crippen LogP contribution in [0.3, 0.4) is 0 Å². The summed E-state index contributed by atoms with van der Waals surface area (Å²) in [7, 11) is 0. The van der Waals surface area contributed by atoms with Gasteiger partial charge in [0.25, 0.3) is 0 Å². The fraction of sp³-hybridized carbons (Fsp3) is 0.263. The third-order valence-electron chi connectivity index (χ3n) is 4.15. The van der Waals surface area contributed by atoms with Crippen LogP contribution in [0.15, 0.2) is 55.1 Å². The van der Waals surface area contributed by atoms with Gasteiger partial charge in [0.05, 0.1) is 12.2 Å².